The van der Waals surface area contributed by atoms with E-state index in [2.05, 4.69) is 51.0 Å². The first-order chi connectivity index (χ1) is 14.7. The van der Waals surface area contributed by atoms with E-state index in [-0.39, 0.29) is 0 Å². The quantitative estimate of drug-likeness (QED) is 0.678. The van der Waals surface area contributed by atoms with Gasteiger partial charge in [-0.25, -0.2) is 4.98 Å². The van der Waals surface area contributed by atoms with Gasteiger partial charge in [0.25, 0.3) is 0 Å². The van der Waals surface area contributed by atoms with Crippen LogP contribution in [0.4, 0.5) is 17.2 Å². The number of hydrogen-bond acceptors (Lipinski definition) is 6. The molecule has 5 rings (SSSR count). The van der Waals surface area contributed by atoms with Crippen LogP contribution in [0, 0.1) is 0 Å². The Morgan fingerprint density at radius 3 is 2.70 bits per heavy atom. The minimum atomic E-state index is 0.363. The van der Waals surface area contributed by atoms with Crippen LogP contribution in [-0.2, 0) is 17.7 Å². The van der Waals surface area contributed by atoms with E-state index in [1.165, 1.54) is 27.9 Å². The molecule has 2 aromatic carbocycles. The van der Waals surface area contributed by atoms with E-state index in [0.717, 1.165) is 50.8 Å². The summed E-state index contributed by atoms with van der Waals surface area (Å²) in [6.45, 7) is 6.49. The van der Waals surface area contributed by atoms with Gasteiger partial charge in [0.2, 0.25) is 0 Å². The van der Waals surface area contributed by atoms with Crippen LogP contribution in [0.15, 0.2) is 55.0 Å². The van der Waals surface area contributed by atoms with Crippen LogP contribution in [0.3, 0.4) is 0 Å². The molecule has 1 saturated heterocycles. The van der Waals surface area contributed by atoms with Crippen LogP contribution in [0.2, 0.25) is 0 Å². The first kappa shape index (κ1) is 18.9. The molecule has 0 amide bonds. The Balaban J connectivity index is 1.58. The summed E-state index contributed by atoms with van der Waals surface area (Å²) < 4.78 is 5.70. The van der Waals surface area contributed by atoms with Gasteiger partial charge in [-0.15, -0.1) is 0 Å². The molecule has 0 aliphatic carbocycles. The van der Waals surface area contributed by atoms with Gasteiger partial charge in [0, 0.05) is 49.4 Å². The summed E-state index contributed by atoms with van der Waals surface area (Å²) >= 11 is 0. The smallest absolute Gasteiger partial charge is 0.147 e. The second kappa shape index (κ2) is 7.95. The lowest BCUT2D eigenvalue weighted by molar-refractivity contribution is 0.0988. The average molecular weight is 402 g/mol. The fourth-order valence-corrected chi connectivity index (χ4v) is 4.51. The lowest BCUT2D eigenvalue weighted by atomic mass is 9.91. The number of nitrogens with two attached hydrogens (primary N) is 1. The summed E-state index contributed by atoms with van der Waals surface area (Å²) in [5, 5.41) is 0. The number of aromatic nitrogens is 2. The van der Waals surface area contributed by atoms with Crippen molar-refractivity contribution in [1.82, 2.24) is 9.97 Å². The van der Waals surface area contributed by atoms with E-state index in [1.54, 1.807) is 12.4 Å². The third-order valence-electron chi connectivity index (χ3n) is 6.11. The number of morpholine rings is 1. The Morgan fingerprint density at radius 1 is 1.07 bits per heavy atom. The monoisotopic (exact) mass is 401 g/mol. The van der Waals surface area contributed by atoms with E-state index in [4.69, 9.17) is 10.5 Å². The molecule has 1 fully saturated rings. The Labute approximate surface area is 177 Å². The predicted molar refractivity (Wildman–Crippen MR) is 121 cm³/mol. The van der Waals surface area contributed by atoms with Crippen molar-refractivity contribution in [2.75, 3.05) is 41.8 Å². The number of nitrogens with zero attached hydrogens (tertiary/aromatic N) is 4. The minimum absolute atomic E-state index is 0.363. The molecule has 3 aromatic rings. The van der Waals surface area contributed by atoms with Crippen molar-refractivity contribution in [2.45, 2.75) is 25.9 Å². The van der Waals surface area contributed by atoms with Crippen LogP contribution in [0.5, 0.6) is 0 Å². The summed E-state index contributed by atoms with van der Waals surface area (Å²) in [4.78, 5) is 13.6. The standard InChI is InChI=1S/C24H27N5O/c1-17-16-30-11-10-29(17)23-13-19(18-2-4-21(25)5-3-18)12-20-15-28(9-6-22(20)23)24-14-26-7-8-27-24/h2-5,7-8,12-14,17H,6,9-11,15-16,25H2,1H3. The van der Waals surface area contributed by atoms with Gasteiger partial charge in [0.1, 0.15) is 5.82 Å². The molecule has 2 aliphatic rings. The molecule has 3 heterocycles. The lowest BCUT2D eigenvalue weighted by Gasteiger charge is -2.39. The molecule has 6 heteroatoms. The van der Waals surface area contributed by atoms with Crippen molar-refractivity contribution in [3.05, 3.63) is 66.1 Å². The molecule has 0 radical (unpaired) electrons. The Kier molecular flexibility index (Phi) is 5.01. The largest absolute Gasteiger partial charge is 0.399 e. The highest BCUT2D eigenvalue weighted by molar-refractivity contribution is 5.74. The van der Waals surface area contributed by atoms with Gasteiger partial charge in [-0.2, -0.15) is 0 Å². The topological polar surface area (TPSA) is 67.5 Å². The van der Waals surface area contributed by atoms with Crippen molar-refractivity contribution < 1.29 is 4.74 Å². The molecule has 1 aromatic heterocycles. The number of benzene rings is 2. The van der Waals surface area contributed by atoms with E-state index in [0.29, 0.717) is 6.04 Å². The number of rotatable bonds is 3. The second-order valence-corrected chi connectivity index (χ2v) is 8.11. The van der Waals surface area contributed by atoms with Gasteiger partial charge in [-0.05, 0) is 59.9 Å². The molecule has 0 spiro atoms. The number of fused-ring (bicyclic) bond motifs is 1. The molecule has 0 saturated carbocycles. The Bertz CT molecular complexity index is 1020. The third-order valence-corrected chi connectivity index (χ3v) is 6.11. The molecule has 1 atom stereocenters. The average Bonchev–Trinajstić information content (AvgIpc) is 2.79. The van der Waals surface area contributed by atoms with E-state index >= 15 is 0 Å². The number of hydrogen-bond donors (Lipinski definition) is 1. The van der Waals surface area contributed by atoms with Crippen LogP contribution in [0.25, 0.3) is 11.1 Å². The molecular weight excluding hydrogens is 374 g/mol. The summed E-state index contributed by atoms with van der Waals surface area (Å²) in [7, 11) is 0. The molecular formula is C24H27N5O. The first-order valence-corrected chi connectivity index (χ1v) is 10.6. The molecule has 0 bridgehead atoms. The van der Waals surface area contributed by atoms with Crippen molar-refractivity contribution in [3.8, 4) is 11.1 Å². The van der Waals surface area contributed by atoms with Gasteiger partial charge < -0.3 is 20.3 Å². The SMILES string of the molecule is CC1COCCN1c1cc(-c2ccc(N)cc2)cc2c1CCN(c1cnccn1)C2. The number of ether oxygens (including phenoxy) is 1. The number of anilines is 3. The Morgan fingerprint density at radius 2 is 1.93 bits per heavy atom. The maximum Gasteiger partial charge on any atom is 0.147 e. The van der Waals surface area contributed by atoms with Crippen molar-refractivity contribution in [2.24, 2.45) is 0 Å². The highest BCUT2D eigenvalue weighted by Gasteiger charge is 2.27. The molecule has 6 nitrogen and oxygen atoms in total. The zero-order valence-corrected chi connectivity index (χ0v) is 17.3. The predicted octanol–water partition coefficient (Wildman–Crippen LogP) is 3.51. The lowest BCUT2D eigenvalue weighted by Crippen LogP contribution is -2.45. The molecule has 2 N–H and O–H groups in total. The maximum atomic E-state index is 5.92. The van der Waals surface area contributed by atoms with Crippen LogP contribution in [0.1, 0.15) is 18.1 Å². The van der Waals surface area contributed by atoms with Gasteiger partial charge in [-0.1, -0.05) is 12.1 Å². The summed E-state index contributed by atoms with van der Waals surface area (Å²) in [5.41, 5.74) is 13.3. The fourth-order valence-electron chi connectivity index (χ4n) is 4.51. The maximum absolute atomic E-state index is 5.92. The van der Waals surface area contributed by atoms with Gasteiger partial charge in [-0.3, -0.25) is 4.98 Å². The van der Waals surface area contributed by atoms with Crippen molar-refractivity contribution in [1.29, 1.82) is 0 Å². The van der Waals surface area contributed by atoms with Gasteiger partial charge in [0.05, 0.1) is 19.4 Å². The van der Waals surface area contributed by atoms with Crippen molar-refractivity contribution in [3.63, 3.8) is 0 Å². The van der Waals surface area contributed by atoms with Gasteiger partial charge in [0.15, 0.2) is 0 Å². The first-order valence-electron chi connectivity index (χ1n) is 10.6. The molecule has 1 unspecified atom stereocenters. The zero-order valence-electron chi connectivity index (χ0n) is 17.3. The molecule has 154 valence electrons. The van der Waals surface area contributed by atoms with Crippen LogP contribution >= 0.6 is 0 Å². The summed E-state index contributed by atoms with van der Waals surface area (Å²) in [6, 6.07) is 13.2. The second-order valence-electron chi connectivity index (χ2n) is 8.11. The van der Waals surface area contributed by atoms with E-state index in [1.807, 2.05) is 18.3 Å². The number of nitrogen functional groups attached to an aromatic ring is 1. The zero-order chi connectivity index (χ0) is 20.5. The highest BCUT2D eigenvalue weighted by atomic mass is 16.5. The van der Waals surface area contributed by atoms with Gasteiger partial charge >= 0.3 is 0 Å². The van der Waals surface area contributed by atoms with Crippen molar-refractivity contribution >= 4 is 17.2 Å². The van der Waals surface area contributed by atoms with E-state index in [9.17, 15) is 0 Å². The Hall–Kier alpha value is -3.12. The van der Waals surface area contributed by atoms with Crippen LogP contribution < -0.4 is 15.5 Å². The summed E-state index contributed by atoms with van der Waals surface area (Å²) in [6.07, 6.45) is 6.32. The van der Waals surface area contributed by atoms with E-state index < -0.39 is 0 Å². The molecule has 30 heavy (non-hydrogen) atoms. The normalized spacial score (nSPS) is 18.9. The summed E-state index contributed by atoms with van der Waals surface area (Å²) in [5.74, 6) is 0.933. The molecule has 2 aliphatic heterocycles. The third kappa shape index (κ3) is 3.59. The minimum Gasteiger partial charge on any atom is -0.399 e. The highest BCUT2D eigenvalue weighted by Crippen LogP contribution is 2.37. The van der Waals surface area contributed by atoms with Crippen LogP contribution in [-0.4, -0.2) is 42.3 Å². The fraction of sp³-hybridized carbons (Fsp3) is 0.333.